The zero-order valence-electron chi connectivity index (χ0n) is 12.9. The predicted molar refractivity (Wildman–Crippen MR) is 88.1 cm³/mol. The van der Waals surface area contributed by atoms with Crippen LogP contribution in [0.15, 0.2) is 42.5 Å². The van der Waals surface area contributed by atoms with Crippen molar-refractivity contribution in [3.63, 3.8) is 0 Å². The van der Waals surface area contributed by atoms with Gasteiger partial charge < -0.3 is 15.4 Å². The van der Waals surface area contributed by atoms with Gasteiger partial charge in [-0.1, -0.05) is 18.2 Å². The predicted octanol–water partition coefficient (Wildman–Crippen LogP) is 2.53. The molecule has 0 spiro atoms. The molecule has 2 aromatic rings. The summed E-state index contributed by atoms with van der Waals surface area (Å²) in [6, 6.07) is 13.1. The van der Waals surface area contributed by atoms with Gasteiger partial charge in [-0.25, -0.2) is 0 Å². The molecule has 2 aromatic carbocycles. The van der Waals surface area contributed by atoms with Crippen molar-refractivity contribution in [2.75, 3.05) is 17.7 Å². The molecule has 0 saturated carbocycles. The number of nitrogens with two attached hydrogens (primary N) is 1. The number of nitrogen functional groups attached to an aromatic ring is 1. The fourth-order valence-corrected chi connectivity index (χ4v) is 2.72. The number of benzene rings is 2. The first kappa shape index (κ1) is 15.1. The molecule has 1 amide bonds. The molecule has 0 atom stereocenters. The van der Waals surface area contributed by atoms with E-state index in [1.807, 2.05) is 36.4 Å². The van der Waals surface area contributed by atoms with Gasteiger partial charge in [-0.3, -0.25) is 9.59 Å². The van der Waals surface area contributed by atoms with Crippen LogP contribution < -0.4 is 10.6 Å². The molecule has 1 aliphatic rings. The first-order valence-corrected chi connectivity index (χ1v) is 7.44. The first-order chi connectivity index (χ1) is 11.1. The van der Waals surface area contributed by atoms with Crippen molar-refractivity contribution in [2.24, 2.45) is 0 Å². The van der Waals surface area contributed by atoms with Gasteiger partial charge in [0.15, 0.2) is 0 Å². The van der Waals surface area contributed by atoms with Crippen LogP contribution in [0.25, 0.3) is 0 Å². The molecule has 0 aromatic heterocycles. The summed E-state index contributed by atoms with van der Waals surface area (Å²) in [6.45, 7) is 0.552. The number of amides is 1. The first-order valence-electron chi connectivity index (χ1n) is 7.44. The van der Waals surface area contributed by atoms with Gasteiger partial charge in [0.05, 0.1) is 13.7 Å². The molecule has 1 heterocycles. The van der Waals surface area contributed by atoms with Crippen LogP contribution in [0.4, 0.5) is 11.4 Å². The highest BCUT2D eigenvalue weighted by Crippen LogP contribution is 2.29. The normalized spacial score (nSPS) is 13.1. The zero-order chi connectivity index (χ0) is 16.4. The standard InChI is InChI=1S/C18H18N2O3/c1-23-17(21)9-4-12-2-7-15(8-3-12)20-11-13-5-6-14(19)10-16(13)18(20)22/h2-3,5-8,10H,4,9,11,19H2,1H3. The van der Waals surface area contributed by atoms with E-state index >= 15 is 0 Å². The Hall–Kier alpha value is -2.82. The van der Waals surface area contributed by atoms with E-state index in [-0.39, 0.29) is 11.9 Å². The van der Waals surface area contributed by atoms with E-state index in [2.05, 4.69) is 4.74 Å². The Balaban J connectivity index is 1.74. The van der Waals surface area contributed by atoms with E-state index in [1.54, 1.807) is 11.0 Å². The fourth-order valence-electron chi connectivity index (χ4n) is 2.72. The zero-order valence-corrected chi connectivity index (χ0v) is 12.9. The number of fused-ring (bicyclic) bond motifs is 1. The van der Waals surface area contributed by atoms with E-state index in [0.717, 1.165) is 16.8 Å². The average molecular weight is 310 g/mol. The molecule has 5 nitrogen and oxygen atoms in total. The van der Waals surface area contributed by atoms with Crippen molar-refractivity contribution in [3.05, 3.63) is 59.2 Å². The molecular formula is C18H18N2O3. The Bertz CT molecular complexity index is 753. The van der Waals surface area contributed by atoms with Crippen molar-refractivity contribution >= 4 is 23.3 Å². The van der Waals surface area contributed by atoms with Gasteiger partial charge in [-0.05, 0) is 41.8 Å². The second-order valence-corrected chi connectivity index (χ2v) is 5.55. The molecule has 0 unspecified atom stereocenters. The molecule has 2 N–H and O–H groups in total. The molecule has 3 rings (SSSR count). The molecule has 0 aliphatic carbocycles. The number of carbonyl (C=O) groups is 2. The van der Waals surface area contributed by atoms with Gasteiger partial charge in [0, 0.05) is 23.4 Å². The monoisotopic (exact) mass is 310 g/mol. The number of aryl methyl sites for hydroxylation is 1. The van der Waals surface area contributed by atoms with Crippen molar-refractivity contribution in [1.82, 2.24) is 0 Å². The Labute approximate surface area is 134 Å². The highest BCUT2D eigenvalue weighted by molar-refractivity contribution is 6.10. The number of anilines is 2. The number of carbonyl (C=O) groups excluding carboxylic acids is 2. The summed E-state index contributed by atoms with van der Waals surface area (Å²) in [5.74, 6) is -0.258. The number of rotatable bonds is 4. The molecule has 5 heteroatoms. The highest BCUT2D eigenvalue weighted by atomic mass is 16.5. The van der Waals surface area contributed by atoms with E-state index < -0.39 is 0 Å². The number of methoxy groups -OCH3 is 1. The van der Waals surface area contributed by atoms with Crippen LogP contribution in [-0.2, 0) is 22.5 Å². The third-order valence-electron chi connectivity index (χ3n) is 4.03. The number of hydrogen-bond acceptors (Lipinski definition) is 4. The lowest BCUT2D eigenvalue weighted by Crippen LogP contribution is -2.22. The lowest BCUT2D eigenvalue weighted by atomic mass is 10.1. The third kappa shape index (κ3) is 3.04. The Morgan fingerprint density at radius 3 is 2.65 bits per heavy atom. The molecule has 118 valence electrons. The molecule has 23 heavy (non-hydrogen) atoms. The minimum atomic E-state index is -0.225. The summed E-state index contributed by atoms with van der Waals surface area (Å²) in [6.07, 6.45) is 0.973. The summed E-state index contributed by atoms with van der Waals surface area (Å²) < 4.78 is 4.63. The van der Waals surface area contributed by atoms with E-state index in [9.17, 15) is 9.59 Å². The maximum Gasteiger partial charge on any atom is 0.305 e. The minimum absolute atomic E-state index is 0.0328. The van der Waals surface area contributed by atoms with Crippen LogP contribution in [0.5, 0.6) is 0 Å². The summed E-state index contributed by atoms with van der Waals surface area (Å²) in [4.78, 5) is 25.4. The molecule has 0 saturated heterocycles. The van der Waals surface area contributed by atoms with Gasteiger partial charge in [0.25, 0.3) is 5.91 Å². The average Bonchev–Trinajstić information content (AvgIpc) is 2.89. The van der Waals surface area contributed by atoms with Gasteiger partial charge in [-0.2, -0.15) is 0 Å². The van der Waals surface area contributed by atoms with Gasteiger partial charge in [0.1, 0.15) is 0 Å². The van der Waals surface area contributed by atoms with Crippen molar-refractivity contribution in [1.29, 1.82) is 0 Å². The van der Waals surface area contributed by atoms with E-state index in [4.69, 9.17) is 5.73 Å². The van der Waals surface area contributed by atoms with Crippen molar-refractivity contribution in [2.45, 2.75) is 19.4 Å². The van der Waals surface area contributed by atoms with Crippen molar-refractivity contribution in [3.8, 4) is 0 Å². The smallest absolute Gasteiger partial charge is 0.305 e. The van der Waals surface area contributed by atoms with E-state index in [1.165, 1.54) is 7.11 Å². The summed E-state index contributed by atoms with van der Waals surface area (Å²) in [5.41, 5.74) is 9.88. The topological polar surface area (TPSA) is 72.6 Å². The third-order valence-corrected chi connectivity index (χ3v) is 4.03. The van der Waals surface area contributed by atoms with Crippen LogP contribution >= 0.6 is 0 Å². The highest BCUT2D eigenvalue weighted by Gasteiger charge is 2.28. The molecule has 0 radical (unpaired) electrons. The second kappa shape index (κ2) is 6.12. The van der Waals surface area contributed by atoms with Crippen LogP contribution in [0.3, 0.4) is 0 Å². The molecule has 1 aliphatic heterocycles. The Kier molecular flexibility index (Phi) is 4.02. The van der Waals surface area contributed by atoms with Gasteiger partial charge in [-0.15, -0.1) is 0 Å². The number of nitrogens with zero attached hydrogens (tertiary/aromatic N) is 1. The lowest BCUT2D eigenvalue weighted by molar-refractivity contribution is -0.140. The fraction of sp³-hybridized carbons (Fsp3) is 0.222. The Morgan fingerprint density at radius 2 is 1.96 bits per heavy atom. The molecule has 0 fully saturated rings. The summed E-state index contributed by atoms with van der Waals surface area (Å²) in [7, 11) is 1.38. The van der Waals surface area contributed by atoms with Crippen LogP contribution in [0, 0.1) is 0 Å². The van der Waals surface area contributed by atoms with Crippen molar-refractivity contribution < 1.29 is 14.3 Å². The summed E-state index contributed by atoms with van der Waals surface area (Å²) in [5, 5.41) is 0. The van der Waals surface area contributed by atoms with E-state index in [0.29, 0.717) is 30.6 Å². The lowest BCUT2D eigenvalue weighted by Gasteiger charge is -2.16. The molecule has 0 bridgehead atoms. The Morgan fingerprint density at radius 1 is 1.22 bits per heavy atom. The maximum absolute atomic E-state index is 12.5. The number of ether oxygens (including phenoxy) is 1. The second-order valence-electron chi connectivity index (χ2n) is 5.55. The SMILES string of the molecule is COC(=O)CCc1ccc(N2Cc3ccc(N)cc3C2=O)cc1. The maximum atomic E-state index is 12.5. The number of hydrogen-bond donors (Lipinski definition) is 1. The number of esters is 1. The summed E-state index contributed by atoms with van der Waals surface area (Å²) >= 11 is 0. The van der Waals surface area contributed by atoms with Crippen LogP contribution in [-0.4, -0.2) is 19.0 Å². The minimum Gasteiger partial charge on any atom is -0.469 e. The van der Waals surface area contributed by atoms with Gasteiger partial charge >= 0.3 is 5.97 Å². The van der Waals surface area contributed by atoms with Gasteiger partial charge in [0.2, 0.25) is 0 Å². The largest absolute Gasteiger partial charge is 0.469 e. The quantitative estimate of drug-likeness (QED) is 0.696. The van der Waals surface area contributed by atoms with Crippen LogP contribution in [0.2, 0.25) is 0 Å². The van der Waals surface area contributed by atoms with Crippen LogP contribution in [0.1, 0.15) is 27.9 Å². The molecular weight excluding hydrogens is 292 g/mol.